The number of hydrogen-bond donors (Lipinski definition) is 1. The minimum atomic E-state index is 0.504. The van der Waals surface area contributed by atoms with Crippen molar-refractivity contribution in [3.63, 3.8) is 0 Å². The quantitative estimate of drug-likeness (QED) is 0.592. The van der Waals surface area contributed by atoms with Gasteiger partial charge in [0.05, 0.1) is 21.6 Å². The van der Waals surface area contributed by atoms with Crippen molar-refractivity contribution in [3.05, 3.63) is 32.8 Å². The van der Waals surface area contributed by atoms with Gasteiger partial charge in [-0.3, -0.25) is 4.79 Å². The molecule has 0 aliphatic heterocycles. The summed E-state index contributed by atoms with van der Waals surface area (Å²) in [5, 5.41) is 10.4. The Hall–Kier alpha value is -1.86. The SMILES string of the molecule is Cn1c(C=O)c(C=N)c2sc(Cc3cscn3)nc21. The molecule has 0 radical (unpaired) electrons. The number of carbonyl (C=O) groups excluding carboxylic acids is 1. The molecule has 0 amide bonds. The van der Waals surface area contributed by atoms with E-state index in [1.807, 2.05) is 5.38 Å². The minimum absolute atomic E-state index is 0.504. The second-order valence-corrected chi connectivity index (χ2v) is 5.84. The molecule has 1 N–H and O–H groups in total. The van der Waals surface area contributed by atoms with E-state index in [2.05, 4.69) is 9.97 Å². The van der Waals surface area contributed by atoms with Crippen LogP contribution in [0.25, 0.3) is 10.3 Å². The summed E-state index contributed by atoms with van der Waals surface area (Å²) in [6.07, 6.45) is 2.68. The summed E-state index contributed by atoms with van der Waals surface area (Å²) in [6, 6.07) is 0. The van der Waals surface area contributed by atoms with E-state index < -0.39 is 0 Å². The molecule has 3 heterocycles. The maximum absolute atomic E-state index is 11.1. The zero-order chi connectivity index (χ0) is 13.4. The predicted molar refractivity (Wildman–Crippen MR) is 76.8 cm³/mol. The second kappa shape index (κ2) is 4.67. The molecule has 0 aliphatic rings. The molecule has 0 saturated carbocycles. The van der Waals surface area contributed by atoms with Gasteiger partial charge in [0.25, 0.3) is 0 Å². The van der Waals surface area contributed by atoms with Crippen molar-refractivity contribution in [3.8, 4) is 0 Å². The molecule has 0 aliphatic carbocycles. The van der Waals surface area contributed by atoms with E-state index in [0.29, 0.717) is 17.7 Å². The van der Waals surface area contributed by atoms with E-state index in [0.717, 1.165) is 27.3 Å². The van der Waals surface area contributed by atoms with Gasteiger partial charge in [0, 0.05) is 30.6 Å². The van der Waals surface area contributed by atoms with Crippen molar-refractivity contribution in [1.82, 2.24) is 14.5 Å². The fourth-order valence-corrected chi connectivity index (χ4v) is 3.70. The molecule has 3 aromatic heterocycles. The lowest BCUT2D eigenvalue weighted by molar-refractivity contribution is 0.111. The normalized spacial score (nSPS) is 11.0. The van der Waals surface area contributed by atoms with E-state index in [1.54, 1.807) is 28.5 Å². The third-order valence-corrected chi connectivity index (χ3v) is 4.64. The summed E-state index contributed by atoms with van der Waals surface area (Å²) in [6.45, 7) is 0. The highest BCUT2D eigenvalue weighted by molar-refractivity contribution is 7.19. The Morgan fingerprint density at radius 3 is 3.00 bits per heavy atom. The lowest BCUT2D eigenvalue weighted by Crippen LogP contribution is -1.98. The number of nitrogens with one attached hydrogen (secondary N) is 1. The number of aromatic nitrogens is 3. The third kappa shape index (κ3) is 1.91. The van der Waals surface area contributed by atoms with Crippen LogP contribution in [0.1, 0.15) is 26.8 Å². The van der Waals surface area contributed by atoms with Crippen molar-refractivity contribution in [2.75, 3.05) is 0 Å². The van der Waals surface area contributed by atoms with Gasteiger partial charge in [-0.05, 0) is 0 Å². The van der Waals surface area contributed by atoms with E-state index in [-0.39, 0.29) is 0 Å². The maximum Gasteiger partial charge on any atom is 0.167 e. The van der Waals surface area contributed by atoms with Crippen LogP contribution in [0.15, 0.2) is 10.9 Å². The summed E-state index contributed by atoms with van der Waals surface area (Å²) in [4.78, 5) is 19.9. The molecule has 0 fully saturated rings. The highest BCUT2D eigenvalue weighted by atomic mass is 32.1. The first kappa shape index (κ1) is 12.2. The predicted octanol–water partition coefficient (Wildman–Crippen LogP) is 2.49. The van der Waals surface area contributed by atoms with Gasteiger partial charge in [-0.25, -0.2) is 9.97 Å². The van der Waals surface area contributed by atoms with Gasteiger partial charge in [0.2, 0.25) is 0 Å². The van der Waals surface area contributed by atoms with Crippen molar-refractivity contribution in [1.29, 1.82) is 5.41 Å². The topological polar surface area (TPSA) is 71.6 Å². The highest BCUT2D eigenvalue weighted by Gasteiger charge is 2.18. The lowest BCUT2D eigenvalue weighted by atomic mass is 10.3. The van der Waals surface area contributed by atoms with Gasteiger partial charge in [-0.2, -0.15) is 0 Å². The van der Waals surface area contributed by atoms with E-state index in [9.17, 15) is 4.79 Å². The molecule has 5 nitrogen and oxygen atoms in total. The van der Waals surface area contributed by atoms with E-state index in [1.165, 1.54) is 17.6 Å². The van der Waals surface area contributed by atoms with E-state index >= 15 is 0 Å². The fourth-order valence-electron chi connectivity index (χ4n) is 2.01. The Morgan fingerprint density at radius 1 is 1.53 bits per heavy atom. The van der Waals surface area contributed by atoms with Crippen molar-refractivity contribution < 1.29 is 4.79 Å². The highest BCUT2D eigenvalue weighted by Crippen LogP contribution is 2.29. The number of hydrogen-bond acceptors (Lipinski definition) is 6. The molecule has 3 rings (SSSR count). The average molecular weight is 290 g/mol. The number of rotatable bonds is 4. The molecular weight excluding hydrogens is 280 g/mol. The Kier molecular flexibility index (Phi) is 3.00. The van der Waals surface area contributed by atoms with Crippen LogP contribution in [0.4, 0.5) is 0 Å². The Labute approximate surface area is 117 Å². The molecule has 19 heavy (non-hydrogen) atoms. The first-order valence-electron chi connectivity index (χ1n) is 5.55. The molecule has 0 atom stereocenters. The van der Waals surface area contributed by atoms with Gasteiger partial charge in [-0.1, -0.05) is 0 Å². The molecule has 0 saturated heterocycles. The first-order valence-corrected chi connectivity index (χ1v) is 7.31. The number of fused-ring (bicyclic) bond motifs is 1. The average Bonchev–Trinajstić information content (AvgIpc) is 3.08. The molecule has 3 aromatic rings. The van der Waals surface area contributed by atoms with Gasteiger partial charge in [0.15, 0.2) is 11.9 Å². The van der Waals surface area contributed by atoms with Crippen LogP contribution in [-0.4, -0.2) is 27.0 Å². The minimum Gasteiger partial charge on any atom is -0.325 e. The van der Waals surface area contributed by atoms with Gasteiger partial charge < -0.3 is 9.98 Å². The molecule has 0 aromatic carbocycles. The summed E-state index contributed by atoms with van der Waals surface area (Å²) in [5.74, 6) is 0. The number of nitrogens with zero attached hydrogens (tertiary/aromatic N) is 3. The lowest BCUT2D eigenvalue weighted by Gasteiger charge is -1.96. The third-order valence-electron chi connectivity index (χ3n) is 2.92. The van der Waals surface area contributed by atoms with Crippen LogP contribution in [0.3, 0.4) is 0 Å². The van der Waals surface area contributed by atoms with Crippen LogP contribution < -0.4 is 0 Å². The summed E-state index contributed by atoms with van der Waals surface area (Å²) < 4.78 is 2.63. The maximum atomic E-state index is 11.1. The molecular formula is C12H10N4OS2. The standard InChI is InChI=1S/C12H10N4OS2/c1-16-9(4-17)8(3-13)11-12(16)15-10(19-11)2-7-5-18-6-14-7/h3-6,13H,2H2,1H3. The Balaban J connectivity index is 2.11. The number of aldehydes is 1. The van der Waals surface area contributed by atoms with Crippen molar-refractivity contribution >= 4 is 45.5 Å². The molecule has 7 heteroatoms. The molecule has 0 bridgehead atoms. The van der Waals surface area contributed by atoms with Crippen molar-refractivity contribution in [2.45, 2.75) is 6.42 Å². The molecule has 96 valence electrons. The molecule has 0 unspecified atom stereocenters. The van der Waals surface area contributed by atoms with Crippen molar-refractivity contribution in [2.24, 2.45) is 7.05 Å². The Bertz CT molecular complexity index is 754. The zero-order valence-electron chi connectivity index (χ0n) is 10.1. The van der Waals surface area contributed by atoms with Gasteiger partial charge in [-0.15, -0.1) is 22.7 Å². The monoisotopic (exact) mass is 290 g/mol. The van der Waals surface area contributed by atoms with Gasteiger partial charge in [0.1, 0.15) is 5.01 Å². The summed E-state index contributed by atoms with van der Waals surface area (Å²) >= 11 is 3.08. The summed E-state index contributed by atoms with van der Waals surface area (Å²) in [7, 11) is 1.80. The van der Waals surface area contributed by atoms with Gasteiger partial charge >= 0.3 is 0 Å². The Morgan fingerprint density at radius 2 is 2.37 bits per heavy atom. The number of thiazole rings is 2. The van der Waals surface area contributed by atoms with Crippen LogP contribution in [0, 0.1) is 5.41 Å². The van der Waals surface area contributed by atoms with E-state index in [4.69, 9.17) is 5.41 Å². The molecule has 0 spiro atoms. The zero-order valence-corrected chi connectivity index (χ0v) is 11.7. The van der Waals surface area contributed by atoms with Crippen LogP contribution in [0.2, 0.25) is 0 Å². The smallest absolute Gasteiger partial charge is 0.167 e. The van der Waals surface area contributed by atoms with Crippen LogP contribution in [-0.2, 0) is 13.5 Å². The van der Waals surface area contributed by atoms with Crippen LogP contribution in [0.5, 0.6) is 0 Å². The fraction of sp³-hybridized carbons (Fsp3) is 0.167. The summed E-state index contributed by atoms with van der Waals surface area (Å²) in [5.41, 5.74) is 4.71. The first-order chi connectivity index (χ1) is 9.24. The number of carbonyl (C=O) groups is 1. The number of aryl methyl sites for hydroxylation is 1. The van der Waals surface area contributed by atoms with Crippen LogP contribution >= 0.6 is 22.7 Å². The second-order valence-electron chi connectivity index (χ2n) is 4.04. The largest absolute Gasteiger partial charge is 0.325 e.